The van der Waals surface area contributed by atoms with Crippen LogP contribution < -0.4 is 10.3 Å². The molecule has 3 fully saturated rings. The van der Waals surface area contributed by atoms with E-state index in [4.69, 9.17) is 19.2 Å². The third-order valence-corrected chi connectivity index (χ3v) is 17.5. The molecule has 2 aliphatic heterocycles. The van der Waals surface area contributed by atoms with E-state index in [2.05, 4.69) is 40.7 Å². The normalized spacial score (nSPS) is 30.9. The average Bonchev–Trinajstić information content (AvgIpc) is 3.81. The molecule has 0 spiro atoms. The van der Waals surface area contributed by atoms with Crippen LogP contribution in [0.3, 0.4) is 0 Å². The third-order valence-electron chi connectivity index (χ3n) is 17.5. The molecule has 0 bridgehead atoms. The van der Waals surface area contributed by atoms with Crippen molar-refractivity contribution in [1.82, 2.24) is 9.55 Å². The Hall–Kier alpha value is -4.31. The number of ether oxygens (including phenoxy) is 3. The number of esters is 3. The van der Waals surface area contributed by atoms with Gasteiger partial charge < -0.3 is 23.9 Å². The smallest absolute Gasteiger partial charge is 0.343 e. The SMILES string of the molecule is CCc1c2c(nc3ccc(OC(=O)CCC(=O)O[C@@H]4CC[C@@]5(C)C(=CC[C@H]6[C@@H]7CC[C@H]([C@H](C)CCCC(C)C)[C@@]7(C)CC[C@@H]65)C4)cc13)-c1cc3c(c(=O)n1C2)COC(=O)[C@]3(O)CC. The Morgan fingerprint density at radius 2 is 1.76 bits per heavy atom. The molecule has 63 heavy (non-hydrogen) atoms. The first kappa shape index (κ1) is 43.9. The largest absolute Gasteiger partial charge is 0.462 e. The van der Waals surface area contributed by atoms with Crippen molar-refractivity contribution in [3.05, 3.63) is 68.5 Å². The van der Waals surface area contributed by atoms with Crippen molar-refractivity contribution in [2.45, 2.75) is 170 Å². The number of pyridine rings is 2. The van der Waals surface area contributed by atoms with Crippen LogP contribution in [0.2, 0.25) is 0 Å². The van der Waals surface area contributed by atoms with E-state index in [9.17, 15) is 24.3 Å². The summed E-state index contributed by atoms with van der Waals surface area (Å²) in [5.74, 6) is 3.43. The zero-order chi connectivity index (χ0) is 44.6. The lowest BCUT2D eigenvalue weighted by molar-refractivity contribution is -0.172. The minimum absolute atomic E-state index is 0.0443. The van der Waals surface area contributed by atoms with E-state index in [0.717, 1.165) is 71.8 Å². The zero-order valence-corrected chi connectivity index (χ0v) is 38.6. The van der Waals surface area contributed by atoms with Crippen molar-refractivity contribution in [2.75, 3.05) is 0 Å². The van der Waals surface area contributed by atoms with Gasteiger partial charge in [0.05, 0.1) is 41.9 Å². The van der Waals surface area contributed by atoms with Gasteiger partial charge in [-0.2, -0.15) is 0 Å². The number of hydrogen-bond donors (Lipinski definition) is 1. The Kier molecular flexibility index (Phi) is 11.6. The zero-order valence-electron chi connectivity index (χ0n) is 38.6. The van der Waals surface area contributed by atoms with Crippen molar-refractivity contribution in [1.29, 1.82) is 0 Å². The van der Waals surface area contributed by atoms with Crippen LogP contribution in [-0.2, 0) is 49.0 Å². The van der Waals surface area contributed by atoms with Crippen molar-refractivity contribution >= 4 is 28.8 Å². The molecule has 1 N–H and O–H groups in total. The number of aryl methyl sites for hydroxylation is 1. The van der Waals surface area contributed by atoms with Gasteiger partial charge in [0, 0.05) is 22.9 Å². The standard InChI is InChI=1S/C53H68N2O8/c1-8-35-37-26-33(14-18-44(37)54-48-38(35)28-55-45(48)27-43-39(49(55)58)29-61-50(59)53(43,60)9-2)62-46(56)19-20-47(57)63-34-21-23-51(6)32(25-34)13-15-36-41-17-16-40(31(5)12-10-11-30(3)4)52(41,7)24-22-42(36)51/h13-14,18,26-27,30-31,34,36,40-42,60H,8-12,15-17,19-25,28-29H2,1-7H3/t31-,34-,36+,40-,41+,42+,51+,52-,53+/m1/s1. The van der Waals surface area contributed by atoms with E-state index < -0.39 is 17.5 Å². The van der Waals surface area contributed by atoms with E-state index in [0.29, 0.717) is 40.4 Å². The van der Waals surface area contributed by atoms with Crippen molar-refractivity contribution in [2.24, 2.45) is 46.3 Å². The molecular formula is C53H68N2O8. The van der Waals surface area contributed by atoms with Gasteiger partial charge in [-0.05, 0) is 134 Å². The van der Waals surface area contributed by atoms with Crippen molar-refractivity contribution < 1.29 is 33.7 Å². The Morgan fingerprint density at radius 3 is 2.52 bits per heavy atom. The minimum Gasteiger partial charge on any atom is -0.462 e. The van der Waals surface area contributed by atoms with Crippen LogP contribution in [0, 0.1) is 46.3 Å². The van der Waals surface area contributed by atoms with Gasteiger partial charge in [-0.3, -0.25) is 14.4 Å². The molecule has 338 valence electrons. The first-order valence-electron chi connectivity index (χ1n) is 24.3. The summed E-state index contributed by atoms with van der Waals surface area (Å²) in [6, 6.07) is 6.99. The fraction of sp³-hybridized carbons (Fsp3) is 0.642. The minimum atomic E-state index is -1.90. The Labute approximate surface area is 372 Å². The maximum atomic E-state index is 13.7. The lowest BCUT2D eigenvalue weighted by atomic mass is 9.47. The van der Waals surface area contributed by atoms with Crippen molar-refractivity contribution in [3.63, 3.8) is 0 Å². The maximum Gasteiger partial charge on any atom is 0.343 e. The fourth-order valence-corrected chi connectivity index (χ4v) is 14.0. The molecule has 0 amide bonds. The summed E-state index contributed by atoms with van der Waals surface area (Å²) in [4.78, 5) is 57.6. The Balaban J connectivity index is 0.813. The summed E-state index contributed by atoms with van der Waals surface area (Å²) in [7, 11) is 0. The number of fused-ring (bicyclic) bond motifs is 10. The number of carbonyl (C=O) groups excluding carboxylic acids is 3. The lowest BCUT2D eigenvalue weighted by Crippen LogP contribution is -2.51. The van der Waals surface area contributed by atoms with Gasteiger partial charge in [-0.1, -0.05) is 79.4 Å². The molecule has 0 unspecified atom stereocenters. The number of cyclic esters (lactones) is 1. The molecule has 3 aromatic rings. The van der Waals surface area contributed by atoms with Gasteiger partial charge in [0.15, 0.2) is 5.60 Å². The molecule has 1 aromatic carbocycles. The molecule has 4 aliphatic carbocycles. The molecule has 10 heteroatoms. The molecular weight excluding hydrogens is 793 g/mol. The first-order valence-corrected chi connectivity index (χ1v) is 24.3. The summed E-state index contributed by atoms with van der Waals surface area (Å²) >= 11 is 0. The molecule has 9 rings (SSSR count). The molecule has 0 radical (unpaired) electrons. The summed E-state index contributed by atoms with van der Waals surface area (Å²) in [6.45, 7) is 16.2. The number of carbonyl (C=O) groups is 3. The summed E-state index contributed by atoms with van der Waals surface area (Å²) < 4.78 is 18.7. The number of aromatic nitrogens is 2. The highest BCUT2D eigenvalue weighted by Gasteiger charge is 2.59. The second-order valence-corrected chi connectivity index (χ2v) is 21.2. The highest BCUT2D eigenvalue weighted by molar-refractivity contribution is 5.90. The molecule has 10 nitrogen and oxygen atoms in total. The summed E-state index contributed by atoms with van der Waals surface area (Å²) in [5.41, 5.74) is 4.14. The van der Waals surface area contributed by atoms with Gasteiger partial charge in [0.2, 0.25) is 0 Å². The van der Waals surface area contributed by atoms with E-state index in [1.807, 2.05) is 6.92 Å². The number of nitrogens with zero attached hydrogens (tertiary/aromatic N) is 2. The number of aliphatic hydroxyl groups is 1. The predicted octanol–water partition coefficient (Wildman–Crippen LogP) is 10.3. The van der Waals surface area contributed by atoms with Crippen LogP contribution in [0.1, 0.15) is 161 Å². The van der Waals surface area contributed by atoms with E-state index >= 15 is 0 Å². The number of rotatable bonds is 12. The van der Waals surface area contributed by atoms with Crippen LogP contribution in [0.5, 0.6) is 5.75 Å². The van der Waals surface area contributed by atoms with E-state index in [-0.39, 0.29) is 66.6 Å². The topological polar surface area (TPSA) is 134 Å². The molecule has 3 saturated carbocycles. The van der Waals surface area contributed by atoms with Gasteiger partial charge in [-0.15, -0.1) is 0 Å². The highest BCUT2D eigenvalue weighted by Crippen LogP contribution is 2.67. The number of benzene rings is 1. The van der Waals surface area contributed by atoms with E-state index in [1.165, 1.54) is 50.5 Å². The lowest BCUT2D eigenvalue weighted by Gasteiger charge is -2.58. The number of hydrogen-bond acceptors (Lipinski definition) is 9. The molecule has 4 heterocycles. The van der Waals surface area contributed by atoms with Gasteiger partial charge in [0.1, 0.15) is 18.5 Å². The Bertz CT molecular complexity index is 2430. The monoisotopic (exact) mass is 860 g/mol. The van der Waals surface area contributed by atoms with Gasteiger partial charge in [0.25, 0.3) is 5.56 Å². The van der Waals surface area contributed by atoms with Crippen LogP contribution in [0.25, 0.3) is 22.3 Å². The van der Waals surface area contributed by atoms with Crippen LogP contribution in [-0.4, -0.2) is 38.7 Å². The van der Waals surface area contributed by atoms with Gasteiger partial charge >= 0.3 is 17.9 Å². The molecule has 6 aliphatic rings. The first-order chi connectivity index (χ1) is 30.1. The highest BCUT2D eigenvalue weighted by atomic mass is 16.6. The number of allylic oxidation sites excluding steroid dienone is 1. The summed E-state index contributed by atoms with van der Waals surface area (Å²) in [6.07, 6.45) is 16.3. The summed E-state index contributed by atoms with van der Waals surface area (Å²) in [5, 5.41) is 12.1. The second-order valence-electron chi connectivity index (χ2n) is 21.2. The van der Waals surface area contributed by atoms with Crippen LogP contribution >= 0.6 is 0 Å². The second kappa shape index (κ2) is 16.6. The molecule has 0 saturated heterocycles. The van der Waals surface area contributed by atoms with Gasteiger partial charge in [-0.25, -0.2) is 9.78 Å². The molecule has 9 atom stereocenters. The third kappa shape index (κ3) is 7.38. The fourth-order valence-electron chi connectivity index (χ4n) is 14.0. The van der Waals surface area contributed by atoms with Crippen molar-refractivity contribution in [3.8, 4) is 17.1 Å². The molecule has 2 aromatic heterocycles. The maximum absolute atomic E-state index is 13.7. The average molecular weight is 861 g/mol. The quantitative estimate of drug-likeness (QED) is 0.0839. The van der Waals surface area contributed by atoms with Crippen LogP contribution in [0.4, 0.5) is 0 Å². The Morgan fingerprint density at radius 1 is 0.968 bits per heavy atom. The predicted molar refractivity (Wildman–Crippen MR) is 242 cm³/mol. The van der Waals surface area contributed by atoms with E-state index in [1.54, 1.807) is 35.8 Å². The van der Waals surface area contributed by atoms with Crippen LogP contribution in [0.15, 0.2) is 40.7 Å².